The average Bonchev–Trinajstić information content (AvgIpc) is 2.50. The summed E-state index contributed by atoms with van der Waals surface area (Å²) in [5, 5.41) is 6.76. The lowest BCUT2D eigenvalue weighted by Gasteiger charge is -2.19. The zero-order valence-electron chi connectivity index (χ0n) is 12.1. The van der Waals surface area contributed by atoms with Gasteiger partial charge in [0.1, 0.15) is 13.2 Å². The van der Waals surface area contributed by atoms with Crippen molar-refractivity contribution in [1.29, 1.82) is 0 Å². The second-order valence-corrected chi connectivity index (χ2v) is 4.75. The van der Waals surface area contributed by atoms with Crippen molar-refractivity contribution in [2.45, 2.75) is 13.0 Å². The van der Waals surface area contributed by atoms with E-state index in [2.05, 4.69) is 22.8 Å². The maximum Gasteiger partial charge on any atom is 0.161 e. The van der Waals surface area contributed by atoms with Crippen LogP contribution in [0.4, 0.5) is 0 Å². The van der Waals surface area contributed by atoms with Crippen LogP contribution in [0, 0.1) is 0 Å². The van der Waals surface area contributed by atoms with Gasteiger partial charge in [-0.25, -0.2) is 0 Å². The van der Waals surface area contributed by atoms with Crippen molar-refractivity contribution in [3.8, 4) is 11.5 Å². The zero-order chi connectivity index (χ0) is 14.0. The number of hydrogen-bond acceptors (Lipinski definition) is 5. The van der Waals surface area contributed by atoms with E-state index in [9.17, 15) is 0 Å². The van der Waals surface area contributed by atoms with Gasteiger partial charge in [0.25, 0.3) is 0 Å². The standard InChI is InChI=1S/C15H24N2O3/c1-18-8-7-16-5-2-6-17-12-13-3-4-14-15(11-13)20-10-9-19-14/h3-4,11,16-17H,2,5-10,12H2,1H3. The first-order valence-electron chi connectivity index (χ1n) is 7.19. The van der Waals surface area contributed by atoms with Crippen molar-refractivity contribution in [1.82, 2.24) is 10.6 Å². The molecule has 1 aliphatic heterocycles. The number of fused-ring (bicyclic) bond motifs is 1. The Kier molecular flexibility index (Phi) is 6.63. The van der Waals surface area contributed by atoms with E-state index in [1.807, 2.05) is 6.07 Å². The molecule has 0 aromatic heterocycles. The molecule has 5 nitrogen and oxygen atoms in total. The van der Waals surface area contributed by atoms with Gasteiger partial charge in [-0.05, 0) is 37.2 Å². The van der Waals surface area contributed by atoms with Gasteiger partial charge in [0.15, 0.2) is 11.5 Å². The Hall–Kier alpha value is -1.30. The molecular formula is C15H24N2O3. The van der Waals surface area contributed by atoms with Crippen molar-refractivity contribution < 1.29 is 14.2 Å². The maximum atomic E-state index is 5.57. The van der Waals surface area contributed by atoms with Crippen LogP contribution < -0.4 is 20.1 Å². The minimum Gasteiger partial charge on any atom is -0.486 e. The van der Waals surface area contributed by atoms with Crippen LogP contribution in [0.2, 0.25) is 0 Å². The summed E-state index contributed by atoms with van der Waals surface area (Å²) in [6.45, 7) is 5.82. The van der Waals surface area contributed by atoms with Gasteiger partial charge in [0.2, 0.25) is 0 Å². The molecule has 1 aliphatic rings. The molecule has 20 heavy (non-hydrogen) atoms. The van der Waals surface area contributed by atoms with E-state index in [-0.39, 0.29) is 0 Å². The van der Waals surface area contributed by atoms with Gasteiger partial charge in [-0.1, -0.05) is 6.07 Å². The van der Waals surface area contributed by atoms with Crippen LogP contribution in [0.5, 0.6) is 11.5 Å². The van der Waals surface area contributed by atoms with E-state index < -0.39 is 0 Å². The van der Waals surface area contributed by atoms with Crippen LogP contribution in [0.15, 0.2) is 18.2 Å². The highest BCUT2D eigenvalue weighted by atomic mass is 16.6. The first-order valence-corrected chi connectivity index (χ1v) is 7.19. The van der Waals surface area contributed by atoms with Crippen LogP contribution >= 0.6 is 0 Å². The predicted molar refractivity (Wildman–Crippen MR) is 78.5 cm³/mol. The molecule has 0 unspecified atom stereocenters. The number of ether oxygens (including phenoxy) is 3. The van der Waals surface area contributed by atoms with Gasteiger partial charge < -0.3 is 24.8 Å². The fourth-order valence-corrected chi connectivity index (χ4v) is 2.07. The van der Waals surface area contributed by atoms with Gasteiger partial charge in [0.05, 0.1) is 6.61 Å². The third-order valence-electron chi connectivity index (χ3n) is 3.13. The number of rotatable bonds is 9. The molecular weight excluding hydrogens is 256 g/mol. The zero-order valence-corrected chi connectivity index (χ0v) is 12.1. The fourth-order valence-electron chi connectivity index (χ4n) is 2.07. The minimum absolute atomic E-state index is 0.636. The monoisotopic (exact) mass is 280 g/mol. The number of hydrogen-bond donors (Lipinski definition) is 2. The van der Waals surface area contributed by atoms with Crippen LogP contribution in [0.3, 0.4) is 0 Å². The highest BCUT2D eigenvalue weighted by Gasteiger charge is 2.11. The summed E-state index contributed by atoms with van der Waals surface area (Å²) < 4.78 is 16.0. The predicted octanol–water partition coefficient (Wildman–Crippen LogP) is 1.17. The van der Waals surface area contributed by atoms with Gasteiger partial charge >= 0.3 is 0 Å². The average molecular weight is 280 g/mol. The summed E-state index contributed by atoms with van der Waals surface area (Å²) in [7, 11) is 1.72. The molecule has 0 bridgehead atoms. The van der Waals surface area contributed by atoms with Crippen molar-refractivity contribution in [2.24, 2.45) is 0 Å². The Morgan fingerprint density at radius 2 is 1.85 bits per heavy atom. The summed E-state index contributed by atoms with van der Waals surface area (Å²) >= 11 is 0. The fraction of sp³-hybridized carbons (Fsp3) is 0.600. The molecule has 0 amide bonds. The maximum absolute atomic E-state index is 5.57. The molecule has 0 saturated heterocycles. The third kappa shape index (κ3) is 5.00. The number of benzene rings is 1. The van der Waals surface area contributed by atoms with Crippen LogP contribution in [0.25, 0.3) is 0 Å². The Bertz CT molecular complexity index is 399. The van der Waals surface area contributed by atoms with Crippen molar-refractivity contribution in [3.05, 3.63) is 23.8 Å². The molecule has 0 aliphatic carbocycles. The number of methoxy groups -OCH3 is 1. The first kappa shape index (κ1) is 15.1. The summed E-state index contributed by atoms with van der Waals surface area (Å²) in [5.41, 5.74) is 1.22. The number of nitrogens with one attached hydrogen (secondary N) is 2. The molecule has 5 heteroatoms. The van der Waals surface area contributed by atoms with E-state index in [1.54, 1.807) is 7.11 Å². The largest absolute Gasteiger partial charge is 0.486 e. The van der Waals surface area contributed by atoms with Crippen LogP contribution in [0.1, 0.15) is 12.0 Å². The molecule has 2 rings (SSSR count). The smallest absolute Gasteiger partial charge is 0.161 e. The Morgan fingerprint density at radius 3 is 2.70 bits per heavy atom. The van der Waals surface area contributed by atoms with Crippen LogP contribution in [-0.2, 0) is 11.3 Å². The van der Waals surface area contributed by atoms with Crippen LogP contribution in [-0.4, -0.2) is 46.6 Å². The topological polar surface area (TPSA) is 51.8 Å². The molecule has 1 aromatic rings. The molecule has 0 radical (unpaired) electrons. The summed E-state index contributed by atoms with van der Waals surface area (Å²) in [6.07, 6.45) is 1.11. The molecule has 1 aromatic carbocycles. The summed E-state index contributed by atoms with van der Waals surface area (Å²) in [5.74, 6) is 1.71. The Labute approximate surface area is 120 Å². The molecule has 0 saturated carbocycles. The van der Waals surface area contributed by atoms with E-state index >= 15 is 0 Å². The second kappa shape index (κ2) is 8.79. The van der Waals surface area contributed by atoms with Gasteiger partial charge in [-0.15, -0.1) is 0 Å². The normalized spacial score (nSPS) is 13.4. The van der Waals surface area contributed by atoms with E-state index in [0.29, 0.717) is 13.2 Å². The van der Waals surface area contributed by atoms with Crippen molar-refractivity contribution >= 4 is 0 Å². The lowest BCUT2D eigenvalue weighted by Crippen LogP contribution is -2.24. The van der Waals surface area contributed by atoms with E-state index in [1.165, 1.54) is 5.56 Å². The highest BCUT2D eigenvalue weighted by Crippen LogP contribution is 2.30. The minimum atomic E-state index is 0.636. The molecule has 112 valence electrons. The SMILES string of the molecule is COCCNCCCNCc1ccc2c(c1)OCCO2. The molecule has 0 atom stereocenters. The second-order valence-electron chi connectivity index (χ2n) is 4.75. The molecule has 0 spiro atoms. The summed E-state index contributed by atoms with van der Waals surface area (Å²) in [4.78, 5) is 0. The first-order chi connectivity index (χ1) is 9.90. The van der Waals surface area contributed by atoms with Gasteiger partial charge in [0, 0.05) is 20.2 Å². The van der Waals surface area contributed by atoms with E-state index in [0.717, 1.165) is 50.7 Å². The van der Waals surface area contributed by atoms with Gasteiger partial charge in [-0.2, -0.15) is 0 Å². The molecule has 1 heterocycles. The van der Waals surface area contributed by atoms with Gasteiger partial charge in [-0.3, -0.25) is 0 Å². The Morgan fingerprint density at radius 1 is 1.05 bits per heavy atom. The lowest BCUT2D eigenvalue weighted by molar-refractivity contribution is 0.171. The van der Waals surface area contributed by atoms with E-state index in [4.69, 9.17) is 14.2 Å². The molecule has 0 fully saturated rings. The Balaban J connectivity index is 1.60. The highest BCUT2D eigenvalue weighted by molar-refractivity contribution is 5.43. The quantitative estimate of drug-likeness (QED) is 0.665. The third-order valence-corrected chi connectivity index (χ3v) is 3.13. The molecule has 2 N–H and O–H groups in total. The summed E-state index contributed by atoms with van der Waals surface area (Å²) in [6, 6.07) is 6.12. The van der Waals surface area contributed by atoms with Crippen molar-refractivity contribution in [3.63, 3.8) is 0 Å². The van der Waals surface area contributed by atoms with Crippen molar-refractivity contribution in [2.75, 3.05) is 46.6 Å². The lowest BCUT2D eigenvalue weighted by atomic mass is 10.2.